The Morgan fingerprint density at radius 2 is 2.08 bits per heavy atom. The maximum absolute atomic E-state index is 12.1. The number of carbonyl (C=O) groups excluding carboxylic acids is 2. The minimum absolute atomic E-state index is 0.0625. The predicted molar refractivity (Wildman–Crippen MR) is 97.8 cm³/mol. The highest BCUT2D eigenvalue weighted by Gasteiger charge is 2.21. The standard InChI is InChI=1S/C16H16N2O5S2/c1-11(23-15(19)10-24-9-12-5-4-8-25-12)16(20)17-13-6-2-3-7-14(13)18(21)22/h2-8,11H,9-10H2,1H3,(H,17,20)/t11-/m0/s1. The number of rotatable bonds is 8. The molecule has 9 heteroatoms. The molecule has 1 aromatic heterocycles. The SMILES string of the molecule is C[C@H](OC(=O)CSCc1cccs1)C(=O)Nc1ccccc1[N+](=O)[O-]. The van der Waals surface area contributed by atoms with Gasteiger partial charge in [0.2, 0.25) is 0 Å². The Morgan fingerprint density at radius 3 is 2.76 bits per heavy atom. The number of thioether (sulfide) groups is 1. The fourth-order valence-electron chi connectivity index (χ4n) is 1.89. The molecule has 2 rings (SSSR count). The predicted octanol–water partition coefficient (Wildman–Crippen LogP) is 3.46. The van der Waals surface area contributed by atoms with Gasteiger partial charge in [-0.25, -0.2) is 0 Å². The number of nitro benzene ring substituents is 1. The lowest BCUT2D eigenvalue weighted by Gasteiger charge is -2.13. The van der Waals surface area contributed by atoms with Gasteiger partial charge in [-0.05, 0) is 24.4 Å². The van der Waals surface area contributed by atoms with Gasteiger partial charge in [0.15, 0.2) is 6.10 Å². The molecule has 0 bridgehead atoms. The van der Waals surface area contributed by atoms with Crippen LogP contribution < -0.4 is 5.32 Å². The van der Waals surface area contributed by atoms with Crippen LogP contribution in [0.4, 0.5) is 11.4 Å². The number of nitro groups is 1. The van der Waals surface area contributed by atoms with E-state index in [0.717, 1.165) is 4.88 Å². The van der Waals surface area contributed by atoms with Gasteiger partial charge in [-0.1, -0.05) is 18.2 Å². The Kier molecular flexibility index (Phi) is 6.96. The first-order chi connectivity index (χ1) is 12.0. The van der Waals surface area contributed by atoms with Crippen molar-refractivity contribution in [1.29, 1.82) is 0 Å². The van der Waals surface area contributed by atoms with Crippen LogP contribution in [-0.2, 0) is 20.1 Å². The van der Waals surface area contributed by atoms with Gasteiger partial charge >= 0.3 is 5.97 Å². The number of ether oxygens (including phenoxy) is 1. The number of hydrogen-bond donors (Lipinski definition) is 1. The van der Waals surface area contributed by atoms with Crippen LogP contribution >= 0.6 is 23.1 Å². The Morgan fingerprint density at radius 1 is 1.32 bits per heavy atom. The first kappa shape index (κ1) is 18.9. The van der Waals surface area contributed by atoms with Crippen LogP contribution in [0.1, 0.15) is 11.8 Å². The molecule has 0 spiro atoms. The molecule has 1 heterocycles. The van der Waals surface area contributed by atoms with E-state index in [0.29, 0.717) is 5.75 Å². The van der Waals surface area contributed by atoms with Crippen LogP contribution in [-0.4, -0.2) is 28.7 Å². The summed E-state index contributed by atoms with van der Waals surface area (Å²) < 4.78 is 5.07. The molecule has 1 atom stereocenters. The smallest absolute Gasteiger partial charge is 0.316 e. The van der Waals surface area contributed by atoms with E-state index in [2.05, 4.69) is 5.32 Å². The van der Waals surface area contributed by atoms with E-state index in [1.165, 1.54) is 36.9 Å². The number of thiophene rings is 1. The Bertz CT molecular complexity index is 749. The molecule has 25 heavy (non-hydrogen) atoms. The monoisotopic (exact) mass is 380 g/mol. The van der Waals surface area contributed by atoms with Crippen LogP contribution in [0.25, 0.3) is 0 Å². The summed E-state index contributed by atoms with van der Waals surface area (Å²) in [5, 5.41) is 15.3. The lowest BCUT2D eigenvalue weighted by Crippen LogP contribution is -2.30. The van der Waals surface area contributed by atoms with Crippen LogP contribution in [0.5, 0.6) is 0 Å². The largest absolute Gasteiger partial charge is 0.452 e. The van der Waals surface area contributed by atoms with Crippen molar-refractivity contribution in [3.63, 3.8) is 0 Å². The molecule has 0 fully saturated rings. The van der Waals surface area contributed by atoms with Crippen molar-refractivity contribution in [2.75, 3.05) is 11.1 Å². The fraction of sp³-hybridized carbons (Fsp3) is 0.250. The van der Waals surface area contributed by atoms with Gasteiger partial charge in [-0.15, -0.1) is 23.1 Å². The summed E-state index contributed by atoms with van der Waals surface area (Å²) in [4.78, 5) is 35.3. The van der Waals surface area contributed by atoms with Gasteiger partial charge in [0, 0.05) is 16.7 Å². The molecular weight excluding hydrogens is 364 g/mol. The van der Waals surface area contributed by atoms with Gasteiger partial charge in [-0.3, -0.25) is 19.7 Å². The van der Waals surface area contributed by atoms with Crippen LogP contribution in [0.15, 0.2) is 41.8 Å². The third-order valence-electron chi connectivity index (χ3n) is 3.08. The number of hydrogen-bond acceptors (Lipinski definition) is 7. The molecule has 0 unspecified atom stereocenters. The summed E-state index contributed by atoms with van der Waals surface area (Å²) >= 11 is 3.00. The van der Waals surface area contributed by atoms with Crippen molar-refractivity contribution in [2.45, 2.75) is 18.8 Å². The maximum Gasteiger partial charge on any atom is 0.316 e. The molecular formula is C16H16N2O5S2. The topological polar surface area (TPSA) is 98.5 Å². The maximum atomic E-state index is 12.1. The zero-order valence-electron chi connectivity index (χ0n) is 13.3. The van der Waals surface area contributed by atoms with E-state index in [9.17, 15) is 19.7 Å². The quantitative estimate of drug-likeness (QED) is 0.428. The Balaban J connectivity index is 1.81. The number of anilines is 1. The minimum Gasteiger partial charge on any atom is -0.452 e. The van der Waals surface area contributed by atoms with Crippen LogP contribution in [0.3, 0.4) is 0 Å². The molecule has 1 amide bonds. The molecule has 1 N–H and O–H groups in total. The lowest BCUT2D eigenvalue weighted by molar-refractivity contribution is -0.383. The third kappa shape index (κ3) is 5.87. The molecule has 0 saturated carbocycles. The molecule has 0 aliphatic heterocycles. The molecule has 0 aliphatic rings. The van der Waals surface area contributed by atoms with Gasteiger partial charge in [0.1, 0.15) is 5.69 Å². The molecule has 1 aromatic carbocycles. The van der Waals surface area contributed by atoms with E-state index < -0.39 is 22.9 Å². The highest BCUT2D eigenvalue weighted by atomic mass is 32.2. The average Bonchev–Trinajstić information content (AvgIpc) is 3.08. The molecule has 132 valence electrons. The molecule has 0 saturated heterocycles. The molecule has 7 nitrogen and oxygen atoms in total. The third-order valence-corrected chi connectivity index (χ3v) is 5.09. The highest BCUT2D eigenvalue weighted by Crippen LogP contribution is 2.23. The number of benzene rings is 1. The fourth-order valence-corrected chi connectivity index (χ4v) is 3.53. The average molecular weight is 380 g/mol. The number of amides is 1. The van der Waals surface area contributed by atoms with E-state index in [4.69, 9.17) is 4.74 Å². The first-order valence-electron chi connectivity index (χ1n) is 7.31. The Hall–Kier alpha value is -2.39. The lowest BCUT2D eigenvalue weighted by atomic mass is 10.2. The van der Waals surface area contributed by atoms with Crippen molar-refractivity contribution < 1.29 is 19.2 Å². The summed E-state index contributed by atoms with van der Waals surface area (Å²) in [5.41, 5.74) is -0.159. The van der Waals surface area contributed by atoms with E-state index in [1.54, 1.807) is 17.4 Å². The van der Waals surface area contributed by atoms with E-state index in [-0.39, 0.29) is 17.1 Å². The van der Waals surface area contributed by atoms with Crippen molar-refractivity contribution in [1.82, 2.24) is 0 Å². The number of carbonyl (C=O) groups is 2. The van der Waals surface area contributed by atoms with Gasteiger partial charge in [0.25, 0.3) is 11.6 Å². The summed E-state index contributed by atoms with van der Waals surface area (Å²) in [6.45, 7) is 1.42. The summed E-state index contributed by atoms with van der Waals surface area (Å²) in [7, 11) is 0. The normalized spacial score (nSPS) is 11.6. The van der Waals surface area contributed by atoms with Gasteiger partial charge in [-0.2, -0.15) is 0 Å². The molecule has 2 aromatic rings. The second kappa shape index (κ2) is 9.19. The van der Waals surface area contributed by atoms with Crippen LogP contribution in [0, 0.1) is 10.1 Å². The number of nitrogens with one attached hydrogen (secondary N) is 1. The van der Waals surface area contributed by atoms with E-state index >= 15 is 0 Å². The number of esters is 1. The molecule has 0 aliphatic carbocycles. The van der Waals surface area contributed by atoms with Gasteiger partial charge < -0.3 is 10.1 Å². The van der Waals surface area contributed by atoms with Crippen LogP contribution in [0.2, 0.25) is 0 Å². The number of para-hydroxylation sites is 2. The summed E-state index contributed by atoms with van der Waals surface area (Å²) in [6, 6.07) is 9.69. The number of nitrogens with zero attached hydrogens (tertiary/aromatic N) is 1. The van der Waals surface area contributed by atoms with Gasteiger partial charge in [0.05, 0.1) is 10.7 Å². The van der Waals surface area contributed by atoms with Crippen molar-refractivity contribution in [2.24, 2.45) is 0 Å². The minimum atomic E-state index is -1.05. The zero-order chi connectivity index (χ0) is 18.2. The van der Waals surface area contributed by atoms with Crippen molar-refractivity contribution in [3.05, 3.63) is 56.8 Å². The zero-order valence-corrected chi connectivity index (χ0v) is 15.0. The summed E-state index contributed by atoms with van der Waals surface area (Å²) in [5.74, 6) is -0.303. The molecule has 0 radical (unpaired) electrons. The summed E-state index contributed by atoms with van der Waals surface area (Å²) in [6.07, 6.45) is -1.05. The Labute approximate surface area is 152 Å². The second-order valence-corrected chi connectivity index (χ2v) is 6.99. The van der Waals surface area contributed by atoms with Crippen molar-refractivity contribution in [3.8, 4) is 0 Å². The van der Waals surface area contributed by atoms with E-state index in [1.807, 2.05) is 17.5 Å². The highest BCUT2D eigenvalue weighted by molar-refractivity contribution is 7.99. The second-order valence-electron chi connectivity index (χ2n) is 4.97. The van der Waals surface area contributed by atoms with Crippen molar-refractivity contribution >= 4 is 46.3 Å². The first-order valence-corrected chi connectivity index (χ1v) is 9.34.